The zero-order valence-electron chi connectivity index (χ0n) is 16.4. The monoisotopic (exact) mass is 400 g/mol. The van der Waals surface area contributed by atoms with Gasteiger partial charge in [-0.1, -0.05) is 42.5 Å². The average molecular weight is 400 g/mol. The number of nitriles is 2. The number of hydrogen-bond acceptors (Lipinski definition) is 7. The van der Waals surface area contributed by atoms with Crippen LogP contribution in [0.5, 0.6) is 5.75 Å². The van der Waals surface area contributed by atoms with E-state index in [1.54, 1.807) is 0 Å². The SMILES string of the molecule is C[C@H]1CO[C@]2(N=C(N)[C@@]3(C#N)[C@@H](c4ccc(OCc5ccccc5)cc4)[C@@]23C#N)O1. The highest BCUT2D eigenvalue weighted by Gasteiger charge is 2.94. The molecule has 2 heterocycles. The molecule has 0 radical (unpaired) electrons. The molecule has 1 aliphatic carbocycles. The molecule has 2 fully saturated rings. The second-order valence-corrected chi connectivity index (χ2v) is 7.93. The van der Waals surface area contributed by atoms with Gasteiger partial charge >= 0.3 is 0 Å². The summed E-state index contributed by atoms with van der Waals surface area (Å²) >= 11 is 0. The lowest BCUT2D eigenvalue weighted by Crippen LogP contribution is -2.39. The zero-order valence-corrected chi connectivity index (χ0v) is 16.4. The Labute approximate surface area is 174 Å². The third-order valence-electron chi connectivity index (χ3n) is 6.26. The van der Waals surface area contributed by atoms with E-state index in [1.165, 1.54) is 0 Å². The molecule has 3 aliphatic rings. The molecule has 2 aromatic carbocycles. The molecule has 0 unspecified atom stereocenters. The van der Waals surface area contributed by atoms with Crippen molar-refractivity contribution in [1.82, 2.24) is 0 Å². The topological polar surface area (TPSA) is 114 Å². The standard InChI is InChI=1S/C23H20N4O3/c1-15-11-29-23(30-15)22(14-25)19(21(22,13-24)20(26)27-23)17-7-9-18(10-8-17)28-12-16-5-3-2-4-6-16/h2-10,15,19H,11-12H2,1H3,(H2,26,27)/t15-,19+,21+,22+,23-/m0/s1. The Bertz CT molecular complexity index is 1100. The Hall–Kier alpha value is -3.39. The van der Waals surface area contributed by atoms with Crippen molar-refractivity contribution >= 4 is 5.84 Å². The van der Waals surface area contributed by atoms with E-state index >= 15 is 0 Å². The summed E-state index contributed by atoms with van der Waals surface area (Å²) in [5.74, 6) is -1.24. The van der Waals surface area contributed by atoms with E-state index < -0.39 is 22.7 Å². The molecule has 2 N–H and O–H groups in total. The molecule has 2 aromatic rings. The Morgan fingerprint density at radius 1 is 1.13 bits per heavy atom. The fraction of sp³-hybridized carbons (Fsp3) is 0.348. The van der Waals surface area contributed by atoms with Crippen molar-refractivity contribution in [1.29, 1.82) is 10.5 Å². The minimum absolute atomic E-state index is 0.0926. The van der Waals surface area contributed by atoms with Crippen molar-refractivity contribution in [3.05, 3.63) is 65.7 Å². The molecule has 7 heteroatoms. The Kier molecular flexibility index (Phi) is 3.91. The summed E-state index contributed by atoms with van der Waals surface area (Å²) in [5.41, 5.74) is 5.48. The van der Waals surface area contributed by atoms with E-state index in [4.69, 9.17) is 19.9 Å². The van der Waals surface area contributed by atoms with E-state index in [2.05, 4.69) is 17.1 Å². The number of rotatable bonds is 4. The lowest BCUT2D eigenvalue weighted by Gasteiger charge is -2.26. The van der Waals surface area contributed by atoms with Crippen LogP contribution in [0.1, 0.15) is 24.0 Å². The van der Waals surface area contributed by atoms with Gasteiger partial charge in [0.05, 0.1) is 24.8 Å². The van der Waals surface area contributed by atoms with Crippen LogP contribution in [0.4, 0.5) is 0 Å². The molecule has 1 saturated heterocycles. The summed E-state index contributed by atoms with van der Waals surface area (Å²) < 4.78 is 17.6. The van der Waals surface area contributed by atoms with E-state index in [0.717, 1.165) is 11.1 Å². The largest absolute Gasteiger partial charge is 0.489 e. The first kappa shape index (κ1) is 18.6. The number of benzene rings is 2. The number of amidine groups is 1. The average Bonchev–Trinajstić information content (AvgIpc) is 3.16. The molecule has 150 valence electrons. The number of aliphatic imine (C=N–C) groups is 1. The van der Waals surface area contributed by atoms with Crippen LogP contribution >= 0.6 is 0 Å². The summed E-state index contributed by atoms with van der Waals surface area (Å²) in [4.78, 5) is 4.32. The van der Waals surface area contributed by atoms with Crippen LogP contribution < -0.4 is 10.5 Å². The maximum absolute atomic E-state index is 10.2. The van der Waals surface area contributed by atoms with E-state index in [1.807, 2.05) is 61.5 Å². The predicted molar refractivity (Wildman–Crippen MR) is 107 cm³/mol. The normalized spacial score (nSPS) is 35.9. The first-order chi connectivity index (χ1) is 14.5. The van der Waals surface area contributed by atoms with Crippen molar-refractivity contribution in [3.63, 3.8) is 0 Å². The third kappa shape index (κ3) is 2.16. The lowest BCUT2D eigenvalue weighted by atomic mass is 9.94. The summed E-state index contributed by atoms with van der Waals surface area (Å²) in [5, 5.41) is 20.2. The fourth-order valence-electron chi connectivity index (χ4n) is 4.86. The van der Waals surface area contributed by atoms with Gasteiger partial charge in [0.25, 0.3) is 5.91 Å². The fourth-order valence-corrected chi connectivity index (χ4v) is 4.86. The van der Waals surface area contributed by atoms with Gasteiger partial charge in [-0.3, -0.25) is 0 Å². The maximum Gasteiger partial charge on any atom is 0.293 e. The van der Waals surface area contributed by atoms with Gasteiger partial charge < -0.3 is 19.9 Å². The first-order valence-corrected chi connectivity index (χ1v) is 9.80. The van der Waals surface area contributed by atoms with E-state index in [9.17, 15) is 10.5 Å². The second kappa shape index (κ2) is 6.30. The van der Waals surface area contributed by atoms with Crippen LogP contribution in [0.25, 0.3) is 0 Å². The second-order valence-electron chi connectivity index (χ2n) is 7.93. The van der Waals surface area contributed by atoms with Gasteiger partial charge in [-0.05, 0) is 30.2 Å². The van der Waals surface area contributed by atoms with E-state index in [-0.39, 0.29) is 11.9 Å². The van der Waals surface area contributed by atoms with Crippen LogP contribution in [0.2, 0.25) is 0 Å². The molecular formula is C23H20N4O3. The summed E-state index contributed by atoms with van der Waals surface area (Å²) in [6, 6.07) is 21.8. The Balaban J connectivity index is 1.44. The minimum Gasteiger partial charge on any atom is -0.489 e. The summed E-state index contributed by atoms with van der Waals surface area (Å²) in [6.45, 7) is 2.59. The smallest absolute Gasteiger partial charge is 0.293 e. The molecule has 0 bridgehead atoms. The van der Waals surface area contributed by atoms with Gasteiger partial charge in [0.2, 0.25) is 0 Å². The number of nitrogens with zero attached hydrogens (tertiary/aromatic N) is 3. The molecule has 0 amide bonds. The quantitative estimate of drug-likeness (QED) is 0.844. The van der Waals surface area contributed by atoms with Crippen molar-refractivity contribution < 1.29 is 14.2 Å². The molecule has 1 spiro atoms. The first-order valence-electron chi connectivity index (χ1n) is 9.80. The lowest BCUT2D eigenvalue weighted by molar-refractivity contribution is -0.193. The Morgan fingerprint density at radius 3 is 2.47 bits per heavy atom. The highest BCUT2D eigenvalue weighted by atomic mass is 16.8. The van der Waals surface area contributed by atoms with Crippen molar-refractivity contribution in [2.75, 3.05) is 6.61 Å². The molecule has 30 heavy (non-hydrogen) atoms. The van der Waals surface area contributed by atoms with Crippen LogP contribution in [0.15, 0.2) is 59.6 Å². The molecule has 5 atom stereocenters. The molecule has 0 aromatic heterocycles. The third-order valence-corrected chi connectivity index (χ3v) is 6.26. The maximum atomic E-state index is 10.2. The zero-order chi connectivity index (χ0) is 21.0. The highest BCUT2D eigenvalue weighted by molar-refractivity contribution is 6.00. The van der Waals surface area contributed by atoms with Crippen LogP contribution in [0, 0.1) is 33.5 Å². The number of ether oxygens (including phenoxy) is 3. The van der Waals surface area contributed by atoms with Gasteiger partial charge in [-0.25, -0.2) is 4.99 Å². The molecule has 5 rings (SSSR count). The van der Waals surface area contributed by atoms with Gasteiger partial charge in [0.15, 0.2) is 5.41 Å². The van der Waals surface area contributed by atoms with Crippen molar-refractivity contribution in [3.8, 4) is 17.9 Å². The van der Waals surface area contributed by atoms with Gasteiger partial charge in [0, 0.05) is 5.92 Å². The minimum atomic E-state index is -1.53. The predicted octanol–water partition coefficient (Wildman–Crippen LogP) is 2.84. The molecular weight excluding hydrogens is 380 g/mol. The number of fused-ring (bicyclic) bond motifs is 2. The van der Waals surface area contributed by atoms with Gasteiger partial charge in [0.1, 0.15) is 23.6 Å². The van der Waals surface area contributed by atoms with Crippen LogP contribution in [-0.2, 0) is 16.1 Å². The molecule has 7 nitrogen and oxygen atoms in total. The Morgan fingerprint density at radius 2 is 1.87 bits per heavy atom. The van der Waals surface area contributed by atoms with Crippen molar-refractivity contribution in [2.24, 2.45) is 21.6 Å². The van der Waals surface area contributed by atoms with Crippen LogP contribution in [0.3, 0.4) is 0 Å². The molecule has 2 aliphatic heterocycles. The number of hydrogen-bond donors (Lipinski definition) is 1. The van der Waals surface area contributed by atoms with Crippen molar-refractivity contribution in [2.45, 2.75) is 31.5 Å². The highest BCUT2D eigenvalue weighted by Crippen LogP contribution is 2.82. The summed E-state index contributed by atoms with van der Waals surface area (Å²) in [6.07, 6.45) is -0.240. The molecule has 1 saturated carbocycles. The van der Waals surface area contributed by atoms with Gasteiger partial charge in [-0.2, -0.15) is 10.5 Å². The van der Waals surface area contributed by atoms with Gasteiger partial charge in [-0.15, -0.1) is 0 Å². The number of nitrogens with two attached hydrogens (primary N) is 1. The van der Waals surface area contributed by atoms with E-state index in [0.29, 0.717) is 19.0 Å². The van der Waals surface area contributed by atoms with Crippen LogP contribution in [-0.4, -0.2) is 24.5 Å². The summed E-state index contributed by atoms with van der Waals surface area (Å²) in [7, 11) is 0.